The fourth-order valence-corrected chi connectivity index (χ4v) is 3.47. The highest BCUT2D eigenvalue weighted by molar-refractivity contribution is 7.17. The molecule has 2 aromatic carbocycles. The summed E-state index contributed by atoms with van der Waals surface area (Å²) in [6.45, 7) is 0. The number of fused-ring (bicyclic) bond motifs is 3. The molecule has 0 aliphatic carbocycles. The fourth-order valence-electron chi connectivity index (χ4n) is 2.68. The number of phenols is 1. The van der Waals surface area contributed by atoms with Gasteiger partial charge < -0.3 is 10.1 Å². The molecule has 4 heteroatoms. The lowest BCUT2D eigenvalue weighted by Crippen LogP contribution is -2.04. The number of H-pyrrole nitrogens is 1. The molecule has 2 N–H and O–H groups in total. The van der Waals surface area contributed by atoms with Gasteiger partial charge in [0.05, 0.1) is 0 Å². The van der Waals surface area contributed by atoms with E-state index in [4.69, 9.17) is 0 Å². The van der Waals surface area contributed by atoms with Crippen molar-refractivity contribution in [3.63, 3.8) is 0 Å². The molecule has 0 amide bonds. The van der Waals surface area contributed by atoms with Crippen LogP contribution in [0, 0.1) is 6.07 Å². The summed E-state index contributed by atoms with van der Waals surface area (Å²) in [6.07, 6.45) is 0. The molecule has 0 atom stereocenters. The van der Waals surface area contributed by atoms with Gasteiger partial charge in [-0.05, 0) is 41.3 Å². The zero-order valence-electron chi connectivity index (χ0n) is 10.9. The van der Waals surface area contributed by atoms with Crippen LogP contribution >= 0.6 is 11.3 Å². The van der Waals surface area contributed by atoms with Crippen LogP contribution in [0.15, 0.2) is 52.6 Å². The van der Waals surface area contributed by atoms with Crippen LogP contribution < -0.4 is 5.56 Å². The maximum atomic E-state index is 12.1. The van der Waals surface area contributed by atoms with Crippen LogP contribution in [0.1, 0.15) is 0 Å². The van der Waals surface area contributed by atoms with E-state index in [2.05, 4.69) is 11.1 Å². The van der Waals surface area contributed by atoms with Crippen molar-refractivity contribution < 1.29 is 5.11 Å². The van der Waals surface area contributed by atoms with Crippen molar-refractivity contribution in [2.45, 2.75) is 0 Å². The van der Waals surface area contributed by atoms with Gasteiger partial charge >= 0.3 is 0 Å². The number of thiophene rings is 1. The molecule has 0 aliphatic heterocycles. The van der Waals surface area contributed by atoms with Gasteiger partial charge in [-0.3, -0.25) is 4.79 Å². The summed E-state index contributed by atoms with van der Waals surface area (Å²) in [4.78, 5) is 15.0. The van der Waals surface area contributed by atoms with Gasteiger partial charge in [-0.2, -0.15) is 0 Å². The van der Waals surface area contributed by atoms with E-state index in [1.54, 1.807) is 12.1 Å². The fraction of sp³-hybridized carbons (Fsp3) is 0. The Bertz CT molecular complexity index is 1020. The number of rotatable bonds is 1. The molecule has 0 aliphatic rings. The molecule has 2 heterocycles. The van der Waals surface area contributed by atoms with Crippen LogP contribution in [-0.2, 0) is 0 Å². The van der Waals surface area contributed by atoms with E-state index >= 15 is 0 Å². The Labute approximate surface area is 124 Å². The van der Waals surface area contributed by atoms with Crippen molar-refractivity contribution in [1.29, 1.82) is 0 Å². The summed E-state index contributed by atoms with van der Waals surface area (Å²) in [5.41, 5.74) is 2.23. The van der Waals surface area contributed by atoms with Gasteiger partial charge in [-0.1, -0.05) is 18.2 Å². The van der Waals surface area contributed by atoms with Crippen molar-refractivity contribution in [3.8, 4) is 16.9 Å². The third-order valence-electron chi connectivity index (χ3n) is 3.57. The highest BCUT2D eigenvalue weighted by Crippen LogP contribution is 2.39. The Balaban J connectivity index is 2.27. The Morgan fingerprint density at radius 2 is 2.10 bits per heavy atom. The first-order chi connectivity index (χ1) is 10.3. The number of nitrogens with one attached hydrogen (secondary N) is 1. The Morgan fingerprint density at radius 1 is 1.19 bits per heavy atom. The summed E-state index contributed by atoms with van der Waals surface area (Å²) in [5, 5.41) is 14.0. The van der Waals surface area contributed by atoms with Crippen molar-refractivity contribution >= 4 is 32.3 Å². The van der Waals surface area contributed by atoms with Gasteiger partial charge in [-0.25, -0.2) is 0 Å². The third kappa shape index (κ3) is 1.76. The van der Waals surface area contributed by atoms with Crippen molar-refractivity contribution in [2.24, 2.45) is 0 Å². The summed E-state index contributed by atoms with van der Waals surface area (Å²) >= 11 is 1.41. The van der Waals surface area contributed by atoms with Gasteiger partial charge in [0.25, 0.3) is 5.56 Å². The van der Waals surface area contributed by atoms with E-state index in [1.807, 2.05) is 35.7 Å². The average Bonchev–Trinajstić information content (AvgIpc) is 2.99. The molecular formula is C17H10NO2S. The number of benzene rings is 2. The summed E-state index contributed by atoms with van der Waals surface area (Å²) in [7, 11) is 0. The number of aromatic hydroxyl groups is 1. The number of hydrogen-bond donors (Lipinski definition) is 2. The van der Waals surface area contributed by atoms with Crippen LogP contribution in [0.25, 0.3) is 32.1 Å². The predicted molar refractivity (Wildman–Crippen MR) is 85.9 cm³/mol. The second kappa shape index (κ2) is 4.46. The third-order valence-corrected chi connectivity index (χ3v) is 4.48. The van der Waals surface area contributed by atoms with Crippen molar-refractivity contribution in [2.75, 3.05) is 0 Å². The first kappa shape index (κ1) is 12.2. The Kier molecular flexibility index (Phi) is 2.59. The molecule has 0 unspecified atom stereocenters. The second-order valence-electron chi connectivity index (χ2n) is 4.79. The lowest BCUT2D eigenvalue weighted by Gasteiger charge is -2.10. The van der Waals surface area contributed by atoms with E-state index < -0.39 is 0 Å². The Hall–Kier alpha value is -2.59. The summed E-state index contributed by atoms with van der Waals surface area (Å²) in [6, 6.07) is 15.7. The molecule has 4 rings (SSSR count). The molecule has 0 bridgehead atoms. The van der Waals surface area contributed by atoms with Crippen LogP contribution in [0.3, 0.4) is 0 Å². The minimum absolute atomic E-state index is 0.0937. The average molecular weight is 292 g/mol. The van der Waals surface area contributed by atoms with Crippen molar-refractivity contribution in [3.05, 3.63) is 64.3 Å². The molecular weight excluding hydrogens is 282 g/mol. The van der Waals surface area contributed by atoms with Gasteiger partial charge in [0, 0.05) is 21.9 Å². The van der Waals surface area contributed by atoms with E-state index in [1.165, 1.54) is 11.3 Å². The van der Waals surface area contributed by atoms with E-state index in [-0.39, 0.29) is 11.3 Å². The smallest absolute Gasteiger partial charge is 0.266 e. The van der Waals surface area contributed by atoms with Crippen molar-refractivity contribution in [1.82, 2.24) is 4.98 Å². The molecule has 4 aromatic rings. The highest BCUT2D eigenvalue weighted by Gasteiger charge is 2.14. The standard InChI is InChI=1S/C17H10NO2S/c19-13-7-6-12-15(14(13)10-4-2-1-3-5-10)11-8-9-21-16(11)17(20)18-12/h1-2,4-9,19H,(H,18,20). The molecule has 0 spiro atoms. The lowest BCUT2D eigenvalue weighted by atomic mass is 9.97. The Morgan fingerprint density at radius 3 is 2.90 bits per heavy atom. The van der Waals surface area contributed by atoms with Gasteiger partial charge in [0.15, 0.2) is 0 Å². The zero-order valence-corrected chi connectivity index (χ0v) is 11.7. The van der Waals surface area contributed by atoms with Crippen LogP contribution in [0.2, 0.25) is 0 Å². The van der Waals surface area contributed by atoms with Gasteiger partial charge in [0.1, 0.15) is 10.4 Å². The molecule has 2 aromatic heterocycles. The highest BCUT2D eigenvalue weighted by atomic mass is 32.1. The topological polar surface area (TPSA) is 53.1 Å². The molecule has 0 saturated heterocycles. The number of aromatic nitrogens is 1. The first-order valence-electron chi connectivity index (χ1n) is 6.47. The monoisotopic (exact) mass is 292 g/mol. The minimum Gasteiger partial charge on any atom is -0.507 e. The molecule has 0 fully saturated rings. The molecule has 3 nitrogen and oxygen atoms in total. The van der Waals surface area contributed by atoms with Crippen LogP contribution in [0.5, 0.6) is 5.75 Å². The van der Waals surface area contributed by atoms with Gasteiger partial charge in [-0.15, -0.1) is 11.3 Å². The van der Waals surface area contributed by atoms with E-state index in [0.717, 1.165) is 27.4 Å². The van der Waals surface area contributed by atoms with Crippen LogP contribution in [-0.4, -0.2) is 10.1 Å². The second-order valence-corrected chi connectivity index (χ2v) is 5.71. The first-order valence-corrected chi connectivity index (χ1v) is 7.35. The predicted octanol–water partition coefficient (Wildman–Crippen LogP) is 3.92. The molecule has 0 saturated carbocycles. The zero-order chi connectivity index (χ0) is 14.4. The summed E-state index contributed by atoms with van der Waals surface area (Å²) < 4.78 is 0.675. The van der Waals surface area contributed by atoms with E-state index in [9.17, 15) is 9.90 Å². The largest absolute Gasteiger partial charge is 0.507 e. The number of hydrogen-bond acceptors (Lipinski definition) is 3. The number of pyridine rings is 1. The lowest BCUT2D eigenvalue weighted by molar-refractivity contribution is 0.478. The van der Waals surface area contributed by atoms with Gasteiger partial charge in [0.2, 0.25) is 0 Å². The minimum atomic E-state index is -0.0937. The quantitative estimate of drug-likeness (QED) is 0.559. The van der Waals surface area contributed by atoms with E-state index in [0.29, 0.717) is 4.70 Å². The molecule has 21 heavy (non-hydrogen) atoms. The molecule has 101 valence electrons. The number of aromatic amines is 1. The summed E-state index contributed by atoms with van der Waals surface area (Å²) in [5.74, 6) is 0.196. The maximum absolute atomic E-state index is 12.1. The SMILES string of the molecule is O=c1[nH]c2ccc(O)c(-c3c[c]ccc3)c2c2ccsc12. The number of phenolic OH excluding ortho intramolecular Hbond substituents is 1. The molecule has 1 radical (unpaired) electrons. The maximum Gasteiger partial charge on any atom is 0.266 e. The van der Waals surface area contributed by atoms with Crippen LogP contribution in [0.4, 0.5) is 0 Å². The normalized spacial score (nSPS) is 11.2.